The maximum Gasteiger partial charge on any atom is 0.243 e. The van der Waals surface area contributed by atoms with Gasteiger partial charge in [-0.1, -0.05) is 12.1 Å². The number of carbonyl (C=O) groups excluding carboxylic acids is 1. The summed E-state index contributed by atoms with van der Waals surface area (Å²) in [5.41, 5.74) is 2.18. The monoisotopic (exact) mass is 456 g/mol. The molecule has 1 aromatic heterocycles. The number of carbonyl (C=O) groups is 1. The van der Waals surface area contributed by atoms with Gasteiger partial charge in [0.25, 0.3) is 0 Å². The van der Waals surface area contributed by atoms with Crippen molar-refractivity contribution >= 4 is 21.6 Å². The molecule has 0 saturated heterocycles. The first kappa shape index (κ1) is 21.7. The Morgan fingerprint density at radius 3 is 2.53 bits per heavy atom. The molecule has 168 valence electrons. The summed E-state index contributed by atoms with van der Waals surface area (Å²) in [7, 11) is -3.73. The first-order valence-corrected chi connectivity index (χ1v) is 11.9. The minimum Gasteiger partial charge on any atom is -0.486 e. The standard InChI is InChI=1S/C22H24N4O5S/c1-16(22(27)24-14-17-3-5-18(6-4-17)25-10-9-23-15-25)26(32(2,28)29)19-7-8-20-21(13-19)31-12-11-30-20/h3-10,13,15-16H,11-12,14H2,1-2H3,(H,24,27)/t16-/m0/s1. The minimum atomic E-state index is -3.73. The van der Waals surface area contributed by atoms with E-state index in [1.807, 2.05) is 35.0 Å². The Balaban J connectivity index is 1.47. The number of anilines is 1. The van der Waals surface area contributed by atoms with Gasteiger partial charge in [0.05, 0.1) is 18.3 Å². The molecule has 0 fully saturated rings. The predicted octanol–water partition coefficient (Wildman–Crippen LogP) is 2.11. The molecule has 4 rings (SSSR count). The molecule has 9 nitrogen and oxygen atoms in total. The summed E-state index contributed by atoms with van der Waals surface area (Å²) in [6.07, 6.45) is 6.32. The van der Waals surface area contributed by atoms with E-state index in [0.29, 0.717) is 30.4 Å². The van der Waals surface area contributed by atoms with E-state index in [1.165, 1.54) is 0 Å². The van der Waals surface area contributed by atoms with E-state index in [9.17, 15) is 13.2 Å². The molecule has 1 amide bonds. The Bertz CT molecular complexity index is 1190. The van der Waals surface area contributed by atoms with Crippen molar-refractivity contribution in [3.63, 3.8) is 0 Å². The number of ether oxygens (including phenoxy) is 2. The maximum atomic E-state index is 12.8. The van der Waals surface area contributed by atoms with Gasteiger partial charge >= 0.3 is 0 Å². The van der Waals surface area contributed by atoms with E-state index in [0.717, 1.165) is 21.8 Å². The third-order valence-corrected chi connectivity index (χ3v) is 6.32. The number of nitrogens with zero attached hydrogens (tertiary/aromatic N) is 3. The van der Waals surface area contributed by atoms with E-state index in [4.69, 9.17) is 9.47 Å². The Morgan fingerprint density at radius 1 is 1.16 bits per heavy atom. The quantitative estimate of drug-likeness (QED) is 0.584. The van der Waals surface area contributed by atoms with Crippen LogP contribution >= 0.6 is 0 Å². The Kier molecular flexibility index (Phi) is 6.04. The van der Waals surface area contributed by atoms with E-state index in [1.54, 1.807) is 37.6 Å². The lowest BCUT2D eigenvalue weighted by Crippen LogP contribution is -2.47. The third kappa shape index (κ3) is 4.70. The number of sulfonamides is 1. The molecule has 1 aliphatic rings. The highest BCUT2D eigenvalue weighted by atomic mass is 32.2. The second-order valence-corrected chi connectivity index (χ2v) is 9.28. The molecule has 0 radical (unpaired) electrons. The zero-order chi connectivity index (χ0) is 22.7. The fraction of sp³-hybridized carbons (Fsp3) is 0.273. The van der Waals surface area contributed by atoms with Crippen LogP contribution in [0.15, 0.2) is 61.2 Å². The van der Waals surface area contributed by atoms with E-state index >= 15 is 0 Å². The zero-order valence-electron chi connectivity index (χ0n) is 17.8. The molecule has 0 bridgehead atoms. The summed E-state index contributed by atoms with van der Waals surface area (Å²) in [5.74, 6) is 0.585. The highest BCUT2D eigenvalue weighted by molar-refractivity contribution is 7.92. The van der Waals surface area contributed by atoms with Gasteiger partial charge in [-0.3, -0.25) is 9.10 Å². The number of fused-ring (bicyclic) bond motifs is 1. The van der Waals surface area contributed by atoms with Crippen LogP contribution in [0.25, 0.3) is 5.69 Å². The van der Waals surface area contributed by atoms with Crippen molar-refractivity contribution in [2.75, 3.05) is 23.8 Å². The zero-order valence-corrected chi connectivity index (χ0v) is 18.6. The molecule has 10 heteroatoms. The molecule has 2 heterocycles. The second-order valence-electron chi connectivity index (χ2n) is 7.42. The van der Waals surface area contributed by atoms with Crippen LogP contribution in [-0.4, -0.2) is 49.4 Å². The van der Waals surface area contributed by atoms with E-state index < -0.39 is 22.0 Å². The minimum absolute atomic E-state index is 0.270. The van der Waals surface area contributed by atoms with Crippen molar-refractivity contribution in [2.45, 2.75) is 19.5 Å². The highest BCUT2D eigenvalue weighted by Gasteiger charge is 2.30. The summed E-state index contributed by atoms with van der Waals surface area (Å²) in [6.45, 7) is 2.64. The van der Waals surface area contributed by atoms with Crippen molar-refractivity contribution in [1.82, 2.24) is 14.9 Å². The lowest BCUT2D eigenvalue weighted by Gasteiger charge is -2.29. The molecule has 0 spiro atoms. The number of imidazole rings is 1. The van der Waals surface area contributed by atoms with Crippen LogP contribution in [0.2, 0.25) is 0 Å². The summed E-state index contributed by atoms with van der Waals surface area (Å²) < 4.78 is 39.1. The molecule has 0 unspecified atom stereocenters. The van der Waals surface area contributed by atoms with Crippen molar-refractivity contribution in [1.29, 1.82) is 0 Å². The van der Waals surface area contributed by atoms with Gasteiger partial charge < -0.3 is 19.4 Å². The van der Waals surface area contributed by atoms with Crippen LogP contribution in [0.3, 0.4) is 0 Å². The normalized spacial score (nSPS) is 13.9. The van der Waals surface area contributed by atoms with Gasteiger partial charge in [0.15, 0.2) is 11.5 Å². The van der Waals surface area contributed by atoms with Crippen molar-refractivity contribution in [3.05, 3.63) is 66.7 Å². The van der Waals surface area contributed by atoms with E-state index in [2.05, 4.69) is 10.3 Å². The molecular formula is C22H24N4O5S. The average molecular weight is 457 g/mol. The van der Waals surface area contributed by atoms with Gasteiger partial charge in [0.2, 0.25) is 15.9 Å². The Morgan fingerprint density at radius 2 is 1.88 bits per heavy atom. The van der Waals surface area contributed by atoms with Crippen LogP contribution in [-0.2, 0) is 21.4 Å². The molecule has 1 N–H and O–H groups in total. The molecule has 2 aromatic carbocycles. The number of aromatic nitrogens is 2. The lowest BCUT2D eigenvalue weighted by atomic mass is 10.2. The first-order chi connectivity index (χ1) is 15.3. The van der Waals surface area contributed by atoms with Crippen molar-refractivity contribution in [3.8, 4) is 17.2 Å². The first-order valence-electron chi connectivity index (χ1n) is 10.1. The van der Waals surface area contributed by atoms with Gasteiger partial charge in [-0.25, -0.2) is 13.4 Å². The highest BCUT2D eigenvalue weighted by Crippen LogP contribution is 2.35. The molecule has 3 aromatic rings. The van der Waals surface area contributed by atoms with Gasteiger partial charge in [-0.05, 0) is 36.8 Å². The van der Waals surface area contributed by atoms with Gasteiger partial charge in [-0.2, -0.15) is 0 Å². The summed E-state index contributed by atoms with van der Waals surface area (Å²) in [5, 5.41) is 2.82. The molecule has 0 saturated carbocycles. The fourth-order valence-corrected chi connectivity index (χ4v) is 4.68. The van der Waals surface area contributed by atoms with Gasteiger partial charge in [0, 0.05) is 30.7 Å². The summed E-state index contributed by atoms with van der Waals surface area (Å²) in [6, 6.07) is 11.5. The van der Waals surface area contributed by atoms with Crippen molar-refractivity contribution in [2.24, 2.45) is 0 Å². The van der Waals surface area contributed by atoms with Crippen LogP contribution in [0.1, 0.15) is 12.5 Å². The number of hydrogen-bond acceptors (Lipinski definition) is 6. The lowest BCUT2D eigenvalue weighted by molar-refractivity contribution is -0.122. The largest absolute Gasteiger partial charge is 0.486 e. The molecular weight excluding hydrogens is 432 g/mol. The smallest absolute Gasteiger partial charge is 0.243 e. The summed E-state index contributed by atoms with van der Waals surface area (Å²) in [4.78, 5) is 16.9. The fourth-order valence-electron chi connectivity index (χ4n) is 3.51. The van der Waals surface area contributed by atoms with Crippen LogP contribution < -0.4 is 19.1 Å². The number of amides is 1. The number of benzene rings is 2. The topological polar surface area (TPSA) is 103 Å². The Hall–Kier alpha value is -3.53. The molecule has 1 atom stereocenters. The third-order valence-electron chi connectivity index (χ3n) is 5.07. The number of nitrogens with one attached hydrogen (secondary N) is 1. The molecule has 1 aliphatic heterocycles. The average Bonchev–Trinajstić information content (AvgIpc) is 3.32. The van der Waals surface area contributed by atoms with Crippen molar-refractivity contribution < 1.29 is 22.7 Å². The Labute approximate surface area is 186 Å². The van der Waals surface area contributed by atoms with Crippen LogP contribution in [0.5, 0.6) is 11.5 Å². The van der Waals surface area contributed by atoms with Crippen LogP contribution in [0, 0.1) is 0 Å². The van der Waals surface area contributed by atoms with Gasteiger partial charge in [0.1, 0.15) is 19.3 Å². The second kappa shape index (κ2) is 8.91. The SMILES string of the molecule is C[C@@H](C(=O)NCc1ccc(-n2ccnc2)cc1)N(c1ccc2c(c1)OCCO2)S(C)(=O)=O. The van der Waals surface area contributed by atoms with Gasteiger partial charge in [-0.15, -0.1) is 0 Å². The summed E-state index contributed by atoms with van der Waals surface area (Å²) >= 11 is 0. The van der Waals surface area contributed by atoms with Crippen LogP contribution in [0.4, 0.5) is 5.69 Å². The number of hydrogen-bond donors (Lipinski definition) is 1. The predicted molar refractivity (Wildman–Crippen MR) is 120 cm³/mol. The molecule has 0 aliphatic carbocycles. The maximum absolute atomic E-state index is 12.8. The molecule has 32 heavy (non-hydrogen) atoms. The van der Waals surface area contributed by atoms with E-state index in [-0.39, 0.29) is 6.54 Å². The number of rotatable bonds is 7.